The number of carboxylic acid groups (broad SMARTS) is 1. The molecule has 0 amide bonds. The van der Waals surface area contributed by atoms with E-state index in [1.54, 1.807) is 30.3 Å². The van der Waals surface area contributed by atoms with Gasteiger partial charge in [-0.15, -0.1) is 0 Å². The average molecular weight is 383 g/mol. The van der Waals surface area contributed by atoms with Gasteiger partial charge in [0.25, 0.3) is 0 Å². The van der Waals surface area contributed by atoms with E-state index < -0.39 is 12.1 Å². The minimum absolute atomic E-state index is 0.117. The lowest BCUT2D eigenvalue weighted by Crippen LogP contribution is -2.29. The molecule has 0 saturated heterocycles. The zero-order valence-corrected chi connectivity index (χ0v) is 15.5. The Kier molecular flexibility index (Phi) is 5.99. The van der Waals surface area contributed by atoms with E-state index in [0.29, 0.717) is 27.8 Å². The average Bonchev–Trinajstić information content (AvgIpc) is 2.66. The molecule has 1 atom stereocenters. The van der Waals surface area contributed by atoms with Gasteiger partial charge in [0.2, 0.25) is 0 Å². The fourth-order valence-electron chi connectivity index (χ4n) is 2.58. The second kappa shape index (κ2) is 8.60. The standard InChI is InChI=1S/C22H19ClO4/c1-15-7-10-19(11-8-15)27-21(22(24)25)14-16-13-17(23)9-12-20(16)26-18-5-3-2-4-6-18/h2-13,21H,14H2,1H3,(H,24,25)/t21-/m1/s1. The molecule has 0 aliphatic carbocycles. The third kappa shape index (κ3) is 5.25. The maximum atomic E-state index is 11.7. The van der Waals surface area contributed by atoms with Gasteiger partial charge in [-0.05, 0) is 49.4 Å². The van der Waals surface area contributed by atoms with Crippen molar-refractivity contribution in [1.29, 1.82) is 0 Å². The molecule has 3 aromatic rings. The monoisotopic (exact) mass is 382 g/mol. The van der Waals surface area contributed by atoms with Gasteiger partial charge in [-0.25, -0.2) is 4.79 Å². The zero-order chi connectivity index (χ0) is 19.2. The van der Waals surface area contributed by atoms with Crippen LogP contribution in [0.4, 0.5) is 0 Å². The summed E-state index contributed by atoms with van der Waals surface area (Å²) in [6.07, 6.45) is -0.948. The molecule has 0 heterocycles. The molecule has 0 aliphatic heterocycles. The van der Waals surface area contributed by atoms with Crippen molar-refractivity contribution in [3.8, 4) is 17.2 Å². The van der Waals surface area contributed by atoms with Gasteiger partial charge in [0.1, 0.15) is 17.2 Å². The molecule has 5 heteroatoms. The van der Waals surface area contributed by atoms with E-state index in [9.17, 15) is 9.90 Å². The third-order valence-corrected chi connectivity index (χ3v) is 4.21. The van der Waals surface area contributed by atoms with E-state index >= 15 is 0 Å². The molecule has 1 N–H and O–H groups in total. The molecule has 0 aliphatic rings. The Hall–Kier alpha value is -2.98. The summed E-state index contributed by atoms with van der Waals surface area (Å²) in [5.74, 6) is 0.651. The molecule has 0 saturated carbocycles. The lowest BCUT2D eigenvalue weighted by atomic mass is 10.1. The second-order valence-electron chi connectivity index (χ2n) is 6.13. The van der Waals surface area contributed by atoms with Crippen LogP contribution in [0, 0.1) is 6.92 Å². The first kappa shape index (κ1) is 18.8. The summed E-state index contributed by atoms with van der Waals surface area (Å²) in [5, 5.41) is 10.1. The van der Waals surface area contributed by atoms with Gasteiger partial charge in [-0.3, -0.25) is 0 Å². The summed E-state index contributed by atoms with van der Waals surface area (Å²) in [7, 11) is 0. The van der Waals surface area contributed by atoms with E-state index in [2.05, 4.69) is 0 Å². The fourth-order valence-corrected chi connectivity index (χ4v) is 2.78. The first-order valence-corrected chi connectivity index (χ1v) is 8.86. The Labute approximate surface area is 162 Å². The molecule has 0 spiro atoms. The van der Waals surface area contributed by atoms with Gasteiger partial charge in [0.05, 0.1) is 0 Å². The summed E-state index contributed by atoms with van der Waals surface area (Å²) in [6.45, 7) is 1.96. The molecular formula is C22H19ClO4. The van der Waals surface area contributed by atoms with E-state index in [0.717, 1.165) is 5.56 Å². The first-order valence-electron chi connectivity index (χ1n) is 8.49. The maximum absolute atomic E-state index is 11.7. The lowest BCUT2D eigenvalue weighted by Gasteiger charge is -2.18. The van der Waals surface area contributed by atoms with Crippen molar-refractivity contribution in [2.24, 2.45) is 0 Å². The number of halogens is 1. The quantitative estimate of drug-likeness (QED) is 0.585. The number of ether oxygens (including phenoxy) is 2. The van der Waals surface area contributed by atoms with Gasteiger partial charge < -0.3 is 14.6 Å². The summed E-state index contributed by atoms with van der Waals surface area (Å²) >= 11 is 6.12. The smallest absolute Gasteiger partial charge is 0.345 e. The summed E-state index contributed by atoms with van der Waals surface area (Å²) in [4.78, 5) is 11.7. The molecule has 27 heavy (non-hydrogen) atoms. The Morgan fingerprint density at radius 2 is 1.70 bits per heavy atom. The van der Waals surface area contributed by atoms with Gasteiger partial charge in [-0.1, -0.05) is 47.5 Å². The van der Waals surface area contributed by atoms with Crippen molar-refractivity contribution in [3.05, 3.63) is 88.9 Å². The van der Waals surface area contributed by atoms with Crippen molar-refractivity contribution in [3.63, 3.8) is 0 Å². The van der Waals surface area contributed by atoms with Crippen LogP contribution >= 0.6 is 11.6 Å². The Morgan fingerprint density at radius 1 is 1.00 bits per heavy atom. The third-order valence-electron chi connectivity index (χ3n) is 3.97. The highest BCUT2D eigenvalue weighted by molar-refractivity contribution is 6.30. The maximum Gasteiger partial charge on any atom is 0.345 e. The number of carboxylic acids is 1. The van der Waals surface area contributed by atoms with E-state index in [1.165, 1.54) is 0 Å². The Morgan fingerprint density at radius 3 is 2.37 bits per heavy atom. The number of hydrogen-bond donors (Lipinski definition) is 1. The van der Waals surface area contributed by atoms with Crippen LogP contribution in [0.25, 0.3) is 0 Å². The number of carbonyl (C=O) groups is 1. The fraction of sp³-hybridized carbons (Fsp3) is 0.136. The van der Waals surface area contributed by atoms with Gasteiger partial charge >= 0.3 is 5.97 Å². The minimum Gasteiger partial charge on any atom is -0.478 e. The van der Waals surface area contributed by atoms with Crippen LogP contribution in [0.1, 0.15) is 11.1 Å². The number of benzene rings is 3. The molecule has 0 bridgehead atoms. The number of rotatable bonds is 7. The predicted molar refractivity (Wildman–Crippen MR) is 105 cm³/mol. The van der Waals surface area contributed by atoms with Gasteiger partial charge in [0.15, 0.2) is 6.10 Å². The molecule has 3 aromatic carbocycles. The molecule has 4 nitrogen and oxygen atoms in total. The molecule has 3 rings (SSSR count). The second-order valence-corrected chi connectivity index (χ2v) is 6.57. The molecule has 138 valence electrons. The topological polar surface area (TPSA) is 55.8 Å². The number of aryl methyl sites for hydroxylation is 1. The summed E-state index contributed by atoms with van der Waals surface area (Å²) < 4.78 is 11.6. The summed E-state index contributed by atoms with van der Waals surface area (Å²) in [5.41, 5.74) is 1.73. The normalized spacial score (nSPS) is 11.6. The van der Waals surface area contributed by atoms with Crippen molar-refractivity contribution >= 4 is 17.6 Å². The molecular weight excluding hydrogens is 364 g/mol. The predicted octanol–water partition coefficient (Wildman–Crippen LogP) is 5.52. The highest BCUT2D eigenvalue weighted by Crippen LogP contribution is 2.29. The zero-order valence-electron chi connectivity index (χ0n) is 14.8. The van der Waals surface area contributed by atoms with Crippen LogP contribution in [0.3, 0.4) is 0 Å². The van der Waals surface area contributed by atoms with Gasteiger partial charge in [0, 0.05) is 17.0 Å². The van der Waals surface area contributed by atoms with Crippen LogP contribution in [0.2, 0.25) is 5.02 Å². The van der Waals surface area contributed by atoms with Crippen LogP contribution in [0.5, 0.6) is 17.2 Å². The molecule has 0 fully saturated rings. The summed E-state index contributed by atoms with van der Waals surface area (Å²) in [6, 6.07) is 21.7. The van der Waals surface area contributed by atoms with E-state index in [4.69, 9.17) is 21.1 Å². The van der Waals surface area contributed by atoms with E-state index in [1.807, 2.05) is 49.4 Å². The highest BCUT2D eigenvalue weighted by Gasteiger charge is 2.22. The molecule has 0 unspecified atom stereocenters. The first-order chi connectivity index (χ1) is 13.0. The number of para-hydroxylation sites is 1. The van der Waals surface area contributed by atoms with Crippen LogP contribution in [-0.2, 0) is 11.2 Å². The minimum atomic E-state index is -1.07. The van der Waals surface area contributed by atoms with Crippen molar-refractivity contribution in [2.75, 3.05) is 0 Å². The van der Waals surface area contributed by atoms with Crippen molar-refractivity contribution in [2.45, 2.75) is 19.4 Å². The van der Waals surface area contributed by atoms with Crippen LogP contribution in [0.15, 0.2) is 72.8 Å². The molecule has 0 aromatic heterocycles. The highest BCUT2D eigenvalue weighted by atomic mass is 35.5. The molecule has 0 radical (unpaired) electrons. The van der Waals surface area contributed by atoms with E-state index in [-0.39, 0.29) is 6.42 Å². The van der Waals surface area contributed by atoms with Crippen LogP contribution in [-0.4, -0.2) is 17.2 Å². The van der Waals surface area contributed by atoms with Crippen molar-refractivity contribution in [1.82, 2.24) is 0 Å². The largest absolute Gasteiger partial charge is 0.478 e. The SMILES string of the molecule is Cc1ccc(O[C@H](Cc2cc(Cl)ccc2Oc2ccccc2)C(=O)O)cc1. The van der Waals surface area contributed by atoms with Crippen LogP contribution < -0.4 is 9.47 Å². The number of aliphatic carboxylic acids is 1. The Balaban J connectivity index is 1.83. The van der Waals surface area contributed by atoms with Gasteiger partial charge in [-0.2, -0.15) is 0 Å². The lowest BCUT2D eigenvalue weighted by molar-refractivity contribution is -0.145. The van der Waals surface area contributed by atoms with Crippen molar-refractivity contribution < 1.29 is 19.4 Å². The Bertz CT molecular complexity index is 907. The number of hydrogen-bond acceptors (Lipinski definition) is 3.